The number of ether oxygens (including phenoxy) is 1. The Labute approximate surface area is 85.6 Å². The maximum atomic E-state index is 11.6. The predicted octanol–water partition coefficient (Wildman–Crippen LogP) is 0.232. The van der Waals surface area contributed by atoms with E-state index in [0.717, 1.165) is 6.54 Å². The highest BCUT2D eigenvalue weighted by atomic mass is 16.5. The van der Waals surface area contributed by atoms with Gasteiger partial charge in [0.25, 0.3) is 5.91 Å². The SMILES string of the molecule is CNC(=O)[C@@]1(C)CN(C(C)C)CCO1. The Kier molecular flexibility index (Phi) is 3.50. The minimum absolute atomic E-state index is 0.0390. The molecule has 1 fully saturated rings. The van der Waals surface area contributed by atoms with Gasteiger partial charge in [-0.05, 0) is 20.8 Å². The smallest absolute Gasteiger partial charge is 0.253 e. The van der Waals surface area contributed by atoms with Gasteiger partial charge in [0.15, 0.2) is 5.60 Å². The van der Waals surface area contributed by atoms with Crippen LogP contribution in [0.3, 0.4) is 0 Å². The van der Waals surface area contributed by atoms with Gasteiger partial charge in [-0.1, -0.05) is 0 Å². The highest BCUT2D eigenvalue weighted by Crippen LogP contribution is 2.19. The number of hydrogen-bond acceptors (Lipinski definition) is 3. The van der Waals surface area contributed by atoms with Gasteiger partial charge in [-0.15, -0.1) is 0 Å². The molecule has 1 heterocycles. The zero-order valence-electron chi connectivity index (χ0n) is 9.46. The molecular weight excluding hydrogens is 180 g/mol. The molecule has 0 aliphatic carbocycles. The third-order valence-electron chi connectivity index (χ3n) is 2.74. The molecule has 14 heavy (non-hydrogen) atoms. The van der Waals surface area contributed by atoms with Crippen molar-refractivity contribution in [3.8, 4) is 0 Å². The molecular formula is C10H20N2O2. The molecule has 1 saturated heterocycles. The van der Waals surface area contributed by atoms with Crippen molar-refractivity contribution < 1.29 is 9.53 Å². The van der Waals surface area contributed by atoms with Crippen LogP contribution in [0.2, 0.25) is 0 Å². The maximum Gasteiger partial charge on any atom is 0.253 e. The van der Waals surface area contributed by atoms with Gasteiger partial charge in [-0.3, -0.25) is 9.69 Å². The summed E-state index contributed by atoms with van der Waals surface area (Å²) in [5.74, 6) is -0.0390. The number of carbonyl (C=O) groups is 1. The van der Waals surface area contributed by atoms with Crippen molar-refractivity contribution in [2.24, 2.45) is 0 Å². The summed E-state index contributed by atoms with van der Waals surface area (Å²) in [5.41, 5.74) is -0.683. The van der Waals surface area contributed by atoms with Crippen molar-refractivity contribution in [3.63, 3.8) is 0 Å². The highest BCUT2D eigenvalue weighted by Gasteiger charge is 2.39. The molecule has 1 amide bonds. The first kappa shape index (κ1) is 11.5. The number of carbonyl (C=O) groups excluding carboxylic acids is 1. The van der Waals surface area contributed by atoms with Crippen molar-refractivity contribution in [2.75, 3.05) is 26.7 Å². The van der Waals surface area contributed by atoms with Gasteiger partial charge in [0.05, 0.1) is 6.61 Å². The quantitative estimate of drug-likeness (QED) is 0.694. The third kappa shape index (κ3) is 2.25. The van der Waals surface area contributed by atoms with Crippen LogP contribution in [-0.4, -0.2) is 49.2 Å². The van der Waals surface area contributed by atoms with Crippen molar-refractivity contribution in [1.29, 1.82) is 0 Å². The molecule has 0 unspecified atom stereocenters. The second kappa shape index (κ2) is 4.28. The van der Waals surface area contributed by atoms with Gasteiger partial charge in [-0.25, -0.2) is 0 Å². The first-order valence-electron chi connectivity index (χ1n) is 5.10. The summed E-state index contributed by atoms with van der Waals surface area (Å²) in [7, 11) is 1.64. The van der Waals surface area contributed by atoms with Crippen molar-refractivity contribution >= 4 is 5.91 Å². The van der Waals surface area contributed by atoms with E-state index < -0.39 is 5.60 Å². The van der Waals surface area contributed by atoms with Crippen LogP contribution in [-0.2, 0) is 9.53 Å². The molecule has 1 N–H and O–H groups in total. The first-order chi connectivity index (χ1) is 6.49. The fourth-order valence-corrected chi connectivity index (χ4v) is 1.74. The van der Waals surface area contributed by atoms with Crippen LogP contribution in [0.5, 0.6) is 0 Å². The average molecular weight is 200 g/mol. The minimum atomic E-state index is -0.683. The number of likely N-dealkylation sites (N-methyl/N-ethyl adjacent to an activating group) is 1. The fourth-order valence-electron chi connectivity index (χ4n) is 1.74. The standard InChI is InChI=1S/C10H20N2O2/c1-8(2)12-5-6-14-10(3,7-12)9(13)11-4/h8H,5-7H2,1-4H3,(H,11,13)/t10-/m1/s1. The zero-order chi connectivity index (χ0) is 10.8. The van der Waals surface area contributed by atoms with Crippen LogP contribution in [0.15, 0.2) is 0 Å². The molecule has 0 aromatic heterocycles. The molecule has 1 aliphatic rings. The Morgan fingerprint density at radius 3 is 2.71 bits per heavy atom. The lowest BCUT2D eigenvalue weighted by molar-refractivity contribution is -0.157. The van der Waals surface area contributed by atoms with E-state index in [1.807, 2.05) is 6.92 Å². The van der Waals surface area contributed by atoms with Gasteiger partial charge in [0, 0.05) is 26.2 Å². The summed E-state index contributed by atoms with van der Waals surface area (Å²) >= 11 is 0. The zero-order valence-corrected chi connectivity index (χ0v) is 9.46. The summed E-state index contributed by atoms with van der Waals surface area (Å²) in [4.78, 5) is 13.9. The fraction of sp³-hybridized carbons (Fsp3) is 0.900. The van der Waals surface area contributed by atoms with E-state index in [1.165, 1.54) is 0 Å². The molecule has 4 heteroatoms. The normalized spacial score (nSPS) is 29.2. The number of rotatable bonds is 2. The van der Waals surface area contributed by atoms with Crippen LogP contribution in [0.1, 0.15) is 20.8 Å². The molecule has 0 radical (unpaired) electrons. The van der Waals surface area contributed by atoms with E-state index in [-0.39, 0.29) is 5.91 Å². The number of morpholine rings is 1. The lowest BCUT2D eigenvalue weighted by Crippen LogP contribution is -2.58. The molecule has 82 valence electrons. The summed E-state index contributed by atoms with van der Waals surface area (Å²) in [6, 6.07) is 0.461. The number of amides is 1. The highest BCUT2D eigenvalue weighted by molar-refractivity contribution is 5.84. The molecule has 0 saturated carbocycles. The van der Waals surface area contributed by atoms with Crippen LogP contribution < -0.4 is 5.32 Å². The van der Waals surface area contributed by atoms with E-state index in [9.17, 15) is 4.79 Å². The summed E-state index contributed by atoms with van der Waals surface area (Å²) in [6.45, 7) is 8.32. The predicted molar refractivity (Wildman–Crippen MR) is 55.1 cm³/mol. The lowest BCUT2D eigenvalue weighted by atomic mass is 10.0. The van der Waals surface area contributed by atoms with Gasteiger partial charge < -0.3 is 10.1 Å². The third-order valence-corrected chi connectivity index (χ3v) is 2.74. The Morgan fingerprint density at radius 1 is 1.57 bits per heavy atom. The van der Waals surface area contributed by atoms with Crippen LogP contribution in [0.25, 0.3) is 0 Å². The Bertz CT molecular complexity index is 218. The summed E-state index contributed by atoms with van der Waals surface area (Å²) in [5, 5.41) is 2.64. The van der Waals surface area contributed by atoms with E-state index in [1.54, 1.807) is 7.05 Å². The van der Waals surface area contributed by atoms with Crippen molar-refractivity contribution in [3.05, 3.63) is 0 Å². The Morgan fingerprint density at radius 2 is 2.21 bits per heavy atom. The van der Waals surface area contributed by atoms with Crippen LogP contribution in [0, 0.1) is 0 Å². The second-order valence-electron chi connectivity index (χ2n) is 4.22. The number of hydrogen-bond donors (Lipinski definition) is 1. The molecule has 1 rings (SSSR count). The second-order valence-corrected chi connectivity index (χ2v) is 4.22. The van der Waals surface area contributed by atoms with Gasteiger partial charge in [-0.2, -0.15) is 0 Å². The van der Waals surface area contributed by atoms with E-state index >= 15 is 0 Å². The molecule has 4 nitrogen and oxygen atoms in total. The Hall–Kier alpha value is -0.610. The van der Waals surface area contributed by atoms with E-state index in [0.29, 0.717) is 19.2 Å². The van der Waals surface area contributed by atoms with Crippen molar-refractivity contribution in [2.45, 2.75) is 32.4 Å². The first-order valence-corrected chi connectivity index (χ1v) is 5.10. The largest absolute Gasteiger partial charge is 0.363 e. The molecule has 0 bridgehead atoms. The number of nitrogens with one attached hydrogen (secondary N) is 1. The van der Waals surface area contributed by atoms with Gasteiger partial charge >= 0.3 is 0 Å². The topological polar surface area (TPSA) is 41.6 Å². The molecule has 0 aromatic carbocycles. The van der Waals surface area contributed by atoms with Crippen molar-refractivity contribution in [1.82, 2.24) is 10.2 Å². The molecule has 1 aliphatic heterocycles. The number of nitrogens with zero attached hydrogens (tertiary/aromatic N) is 1. The monoisotopic (exact) mass is 200 g/mol. The molecule has 1 atom stereocenters. The minimum Gasteiger partial charge on any atom is -0.363 e. The van der Waals surface area contributed by atoms with Crippen LogP contribution >= 0.6 is 0 Å². The van der Waals surface area contributed by atoms with Crippen LogP contribution in [0.4, 0.5) is 0 Å². The Balaban J connectivity index is 2.67. The summed E-state index contributed by atoms with van der Waals surface area (Å²) < 4.78 is 5.54. The molecule has 0 spiro atoms. The van der Waals surface area contributed by atoms with Gasteiger partial charge in [0.2, 0.25) is 0 Å². The van der Waals surface area contributed by atoms with Gasteiger partial charge in [0.1, 0.15) is 0 Å². The summed E-state index contributed by atoms with van der Waals surface area (Å²) in [6.07, 6.45) is 0. The molecule has 0 aromatic rings. The van der Waals surface area contributed by atoms with E-state index in [2.05, 4.69) is 24.1 Å². The maximum absolute atomic E-state index is 11.6. The average Bonchev–Trinajstić information content (AvgIpc) is 2.16. The lowest BCUT2D eigenvalue weighted by Gasteiger charge is -2.40. The van der Waals surface area contributed by atoms with E-state index in [4.69, 9.17) is 4.74 Å².